The van der Waals surface area contributed by atoms with Crippen molar-refractivity contribution in [1.29, 1.82) is 0 Å². The van der Waals surface area contributed by atoms with Gasteiger partial charge in [0.15, 0.2) is 5.75 Å². The number of anilines is 2. The first-order valence-corrected chi connectivity index (χ1v) is 13.1. The first-order valence-electron chi connectivity index (χ1n) is 10.8. The lowest BCUT2D eigenvalue weighted by Crippen LogP contribution is -2.30. The van der Waals surface area contributed by atoms with E-state index in [2.05, 4.69) is 36.2 Å². The van der Waals surface area contributed by atoms with Crippen LogP contribution in [0.1, 0.15) is 13.8 Å². The molecule has 2 aromatic carbocycles. The van der Waals surface area contributed by atoms with E-state index in [1.165, 1.54) is 28.6 Å². The SMILES string of the molecule is CCN(CC)S(=O)(=O)c1ccc(Nc2ncnc(Oc3ccc(Br)c4cccnc34)c2[N+](=O)[O-])cc1. The maximum Gasteiger partial charge on any atom is 0.373 e. The van der Waals surface area contributed by atoms with Gasteiger partial charge in [-0.25, -0.2) is 13.4 Å². The number of nitrogens with zero attached hydrogens (tertiary/aromatic N) is 5. The molecule has 0 bridgehead atoms. The van der Waals surface area contributed by atoms with Crippen LogP contribution < -0.4 is 10.1 Å². The number of aromatic nitrogens is 3. The summed E-state index contributed by atoms with van der Waals surface area (Å²) in [5.41, 5.74) is 0.417. The fourth-order valence-corrected chi connectivity index (χ4v) is 5.46. The molecule has 0 aliphatic heterocycles. The van der Waals surface area contributed by atoms with E-state index < -0.39 is 20.6 Å². The maximum absolute atomic E-state index is 12.7. The number of rotatable bonds is 9. The summed E-state index contributed by atoms with van der Waals surface area (Å²) < 4.78 is 33.4. The molecule has 0 saturated heterocycles. The Morgan fingerprint density at radius 2 is 1.78 bits per heavy atom. The molecule has 13 heteroatoms. The topological polar surface area (TPSA) is 140 Å². The van der Waals surface area contributed by atoms with Crippen molar-refractivity contribution in [1.82, 2.24) is 19.3 Å². The maximum atomic E-state index is 12.7. The van der Waals surface area contributed by atoms with Crippen LogP contribution in [-0.2, 0) is 10.0 Å². The van der Waals surface area contributed by atoms with Crippen LogP contribution in [0, 0.1) is 10.1 Å². The van der Waals surface area contributed by atoms with Gasteiger partial charge in [-0.2, -0.15) is 9.29 Å². The van der Waals surface area contributed by atoms with Gasteiger partial charge in [0.1, 0.15) is 11.8 Å². The summed E-state index contributed by atoms with van der Waals surface area (Å²) in [5, 5.41) is 15.6. The van der Waals surface area contributed by atoms with Crippen LogP contribution in [-0.4, -0.2) is 45.7 Å². The third-order valence-corrected chi connectivity index (χ3v) is 8.07. The van der Waals surface area contributed by atoms with Crippen molar-refractivity contribution in [3.63, 3.8) is 0 Å². The molecule has 11 nitrogen and oxygen atoms in total. The number of benzene rings is 2. The minimum atomic E-state index is -3.63. The van der Waals surface area contributed by atoms with Crippen molar-refractivity contribution in [3.8, 4) is 11.6 Å². The van der Waals surface area contributed by atoms with E-state index in [9.17, 15) is 18.5 Å². The summed E-state index contributed by atoms with van der Waals surface area (Å²) in [4.78, 5) is 23.7. The molecular formula is C23H21BrN6O5S. The molecule has 0 unspecified atom stereocenters. The van der Waals surface area contributed by atoms with Crippen LogP contribution in [0.2, 0.25) is 0 Å². The zero-order valence-corrected chi connectivity index (χ0v) is 21.7. The van der Waals surface area contributed by atoms with E-state index in [-0.39, 0.29) is 22.3 Å². The van der Waals surface area contributed by atoms with Gasteiger partial charge in [-0.3, -0.25) is 15.1 Å². The Hall–Kier alpha value is -3.68. The van der Waals surface area contributed by atoms with Crippen LogP contribution in [0.25, 0.3) is 10.9 Å². The second-order valence-electron chi connectivity index (χ2n) is 7.42. The van der Waals surface area contributed by atoms with Gasteiger partial charge in [-0.1, -0.05) is 35.8 Å². The highest BCUT2D eigenvalue weighted by Gasteiger charge is 2.26. The normalized spacial score (nSPS) is 11.6. The molecule has 4 rings (SSSR count). The predicted octanol–water partition coefficient (Wildman–Crippen LogP) is 5.26. The van der Waals surface area contributed by atoms with Crippen LogP contribution in [0.5, 0.6) is 11.6 Å². The summed E-state index contributed by atoms with van der Waals surface area (Å²) >= 11 is 3.46. The lowest BCUT2D eigenvalue weighted by atomic mass is 10.2. The van der Waals surface area contributed by atoms with Crippen molar-refractivity contribution in [2.45, 2.75) is 18.7 Å². The summed E-state index contributed by atoms with van der Waals surface area (Å²) in [6.45, 7) is 4.21. The predicted molar refractivity (Wildman–Crippen MR) is 138 cm³/mol. The van der Waals surface area contributed by atoms with Crippen molar-refractivity contribution >= 4 is 54.0 Å². The summed E-state index contributed by atoms with van der Waals surface area (Å²) in [7, 11) is -3.63. The third kappa shape index (κ3) is 4.98. The number of hydrogen-bond acceptors (Lipinski definition) is 9. The average Bonchev–Trinajstić information content (AvgIpc) is 2.87. The average molecular weight is 573 g/mol. The first-order chi connectivity index (χ1) is 17.3. The Morgan fingerprint density at radius 1 is 1.06 bits per heavy atom. The smallest absolute Gasteiger partial charge is 0.373 e. The standard InChI is InChI=1S/C23H21BrN6O5S/c1-3-29(4-2)36(33,34)16-9-7-15(8-10-16)28-22-21(30(31)32)23(27-14-26-22)35-19-12-11-18(24)17-6-5-13-25-20(17)19/h5-14H,3-4H2,1-2H3,(H,26,27,28). The summed E-state index contributed by atoms with van der Waals surface area (Å²) in [6.07, 6.45) is 2.73. The van der Waals surface area contributed by atoms with Crippen molar-refractivity contribution in [2.75, 3.05) is 18.4 Å². The van der Waals surface area contributed by atoms with Crippen LogP contribution in [0.4, 0.5) is 17.2 Å². The second-order valence-corrected chi connectivity index (χ2v) is 10.2. The molecule has 2 aromatic heterocycles. The number of pyridine rings is 1. The molecule has 0 amide bonds. The fraction of sp³-hybridized carbons (Fsp3) is 0.174. The Bertz CT molecular complexity index is 1530. The molecule has 0 atom stereocenters. The summed E-state index contributed by atoms with van der Waals surface area (Å²) in [6, 6.07) is 12.9. The number of nitro groups is 1. The monoisotopic (exact) mass is 572 g/mol. The van der Waals surface area contributed by atoms with Gasteiger partial charge >= 0.3 is 11.6 Å². The van der Waals surface area contributed by atoms with Crippen LogP contribution in [0.3, 0.4) is 0 Å². The van der Waals surface area contributed by atoms with Gasteiger partial charge in [0.25, 0.3) is 0 Å². The Kier molecular flexibility index (Phi) is 7.43. The molecule has 0 radical (unpaired) electrons. The number of ether oxygens (including phenoxy) is 1. The van der Waals surface area contributed by atoms with Gasteiger partial charge in [0.2, 0.25) is 15.8 Å². The Balaban J connectivity index is 1.67. The van der Waals surface area contributed by atoms with E-state index in [1.807, 2.05) is 6.07 Å². The molecule has 4 aromatic rings. The molecule has 36 heavy (non-hydrogen) atoms. The molecule has 1 N–H and O–H groups in total. The highest BCUT2D eigenvalue weighted by atomic mass is 79.9. The molecule has 0 saturated carbocycles. The number of fused-ring (bicyclic) bond motifs is 1. The molecule has 0 spiro atoms. The van der Waals surface area contributed by atoms with Gasteiger partial charge in [0.05, 0.1) is 9.82 Å². The largest absolute Gasteiger partial charge is 0.431 e. The molecule has 0 aliphatic rings. The van der Waals surface area contributed by atoms with Gasteiger partial charge in [0, 0.05) is 34.8 Å². The van der Waals surface area contributed by atoms with E-state index >= 15 is 0 Å². The van der Waals surface area contributed by atoms with Crippen molar-refractivity contribution in [3.05, 3.63) is 75.6 Å². The fourth-order valence-electron chi connectivity index (χ4n) is 3.55. The Labute approximate surface area is 215 Å². The van der Waals surface area contributed by atoms with Gasteiger partial charge in [-0.15, -0.1) is 0 Å². The number of nitrogens with one attached hydrogen (secondary N) is 1. The Morgan fingerprint density at radius 3 is 2.44 bits per heavy atom. The van der Waals surface area contributed by atoms with Crippen LogP contribution >= 0.6 is 15.9 Å². The lowest BCUT2D eigenvalue weighted by Gasteiger charge is -2.18. The van der Waals surface area contributed by atoms with Crippen molar-refractivity contribution in [2.24, 2.45) is 0 Å². The number of halogens is 1. The van der Waals surface area contributed by atoms with Gasteiger partial charge in [-0.05, 0) is 42.5 Å². The highest BCUT2D eigenvalue weighted by Crippen LogP contribution is 2.38. The van der Waals surface area contributed by atoms with E-state index in [4.69, 9.17) is 4.74 Å². The minimum Gasteiger partial charge on any atom is -0.431 e. The second kappa shape index (κ2) is 10.5. The summed E-state index contributed by atoms with van der Waals surface area (Å²) in [5.74, 6) is -0.0984. The molecule has 186 valence electrons. The minimum absolute atomic E-state index is 0.112. The number of sulfonamides is 1. The first kappa shape index (κ1) is 25.4. The molecular weight excluding hydrogens is 552 g/mol. The third-order valence-electron chi connectivity index (χ3n) is 5.32. The molecule has 0 aliphatic carbocycles. The lowest BCUT2D eigenvalue weighted by molar-refractivity contribution is -0.385. The van der Waals surface area contributed by atoms with E-state index in [0.29, 0.717) is 24.3 Å². The molecule has 2 heterocycles. The van der Waals surface area contributed by atoms with Crippen LogP contribution in [0.15, 0.2) is 70.4 Å². The quantitative estimate of drug-likeness (QED) is 0.210. The highest BCUT2D eigenvalue weighted by molar-refractivity contribution is 9.10. The molecule has 0 fully saturated rings. The zero-order chi connectivity index (χ0) is 25.9. The van der Waals surface area contributed by atoms with Crippen molar-refractivity contribution < 1.29 is 18.1 Å². The zero-order valence-electron chi connectivity index (χ0n) is 19.3. The van der Waals surface area contributed by atoms with Gasteiger partial charge < -0.3 is 10.1 Å². The van der Waals surface area contributed by atoms with E-state index in [0.717, 1.165) is 16.2 Å². The van der Waals surface area contributed by atoms with E-state index in [1.54, 1.807) is 38.2 Å². The number of hydrogen-bond donors (Lipinski definition) is 1.